The summed E-state index contributed by atoms with van der Waals surface area (Å²) in [5, 5.41) is 3.66. The second kappa shape index (κ2) is 8.20. The first kappa shape index (κ1) is 16.9. The fourth-order valence-electron chi connectivity index (χ4n) is 2.46. The fourth-order valence-corrected chi connectivity index (χ4v) is 2.46. The molecule has 1 N–H and O–H groups in total. The molecule has 4 heteroatoms. The Morgan fingerprint density at radius 1 is 1.26 bits per heavy atom. The van der Waals surface area contributed by atoms with Crippen molar-refractivity contribution < 1.29 is 9.47 Å². The highest BCUT2D eigenvalue weighted by molar-refractivity contribution is 4.93. The van der Waals surface area contributed by atoms with Crippen LogP contribution in [0.1, 0.15) is 34.1 Å². The predicted octanol–water partition coefficient (Wildman–Crippen LogP) is 1.75. The van der Waals surface area contributed by atoms with Gasteiger partial charge in [-0.3, -0.25) is 4.90 Å². The molecule has 0 aromatic carbocycles. The Morgan fingerprint density at radius 2 is 2.00 bits per heavy atom. The van der Waals surface area contributed by atoms with Gasteiger partial charge in [-0.1, -0.05) is 13.8 Å². The molecular weight excluding hydrogens is 240 g/mol. The van der Waals surface area contributed by atoms with Crippen molar-refractivity contribution in [2.75, 3.05) is 46.6 Å². The lowest BCUT2D eigenvalue weighted by Crippen LogP contribution is -2.63. The molecule has 4 nitrogen and oxygen atoms in total. The minimum atomic E-state index is 0.223. The smallest absolute Gasteiger partial charge is 0.0593 e. The van der Waals surface area contributed by atoms with Crippen LogP contribution >= 0.6 is 0 Å². The van der Waals surface area contributed by atoms with E-state index in [4.69, 9.17) is 9.47 Å². The van der Waals surface area contributed by atoms with Gasteiger partial charge in [-0.2, -0.15) is 0 Å². The van der Waals surface area contributed by atoms with Gasteiger partial charge in [0.1, 0.15) is 0 Å². The van der Waals surface area contributed by atoms with E-state index in [0.717, 1.165) is 45.9 Å². The van der Waals surface area contributed by atoms with E-state index < -0.39 is 0 Å². The van der Waals surface area contributed by atoms with Gasteiger partial charge in [0.05, 0.1) is 6.61 Å². The van der Waals surface area contributed by atoms with E-state index in [1.165, 1.54) is 0 Å². The van der Waals surface area contributed by atoms with Gasteiger partial charge >= 0.3 is 0 Å². The zero-order valence-corrected chi connectivity index (χ0v) is 13.4. The van der Waals surface area contributed by atoms with Crippen molar-refractivity contribution in [3.8, 4) is 0 Å². The quantitative estimate of drug-likeness (QED) is 0.683. The Labute approximate surface area is 118 Å². The van der Waals surface area contributed by atoms with Crippen LogP contribution in [0.4, 0.5) is 0 Å². The summed E-state index contributed by atoms with van der Waals surface area (Å²) >= 11 is 0. The summed E-state index contributed by atoms with van der Waals surface area (Å²) in [6.45, 7) is 14.8. The van der Waals surface area contributed by atoms with Crippen molar-refractivity contribution in [1.29, 1.82) is 0 Å². The summed E-state index contributed by atoms with van der Waals surface area (Å²) in [6.07, 6.45) is 0.982. The summed E-state index contributed by atoms with van der Waals surface area (Å²) in [5.74, 6) is 0.682. The number of ether oxygens (including phenoxy) is 2. The van der Waals surface area contributed by atoms with Gasteiger partial charge in [-0.25, -0.2) is 0 Å². The Hall–Kier alpha value is -0.160. The van der Waals surface area contributed by atoms with Gasteiger partial charge in [0, 0.05) is 51.5 Å². The van der Waals surface area contributed by atoms with Crippen molar-refractivity contribution in [3.05, 3.63) is 0 Å². The van der Waals surface area contributed by atoms with Crippen molar-refractivity contribution in [1.82, 2.24) is 10.2 Å². The molecule has 19 heavy (non-hydrogen) atoms. The van der Waals surface area contributed by atoms with E-state index in [1.807, 2.05) is 0 Å². The van der Waals surface area contributed by atoms with Crippen molar-refractivity contribution in [3.63, 3.8) is 0 Å². The van der Waals surface area contributed by atoms with Crippen LogP contribution in [-0.4, -0.2) is 63.0 Å². The van der Waals surface area contributed by atoms with Crippen molar-refractivity contribution in [2.24, 2.45) is 5.92 Å². The van der Waals surface area contributed by atoms with Crippen LogP contribution in [0.2, 0.25) is 0 Å². The Bertz CT molecular complexity index is 244. The van der Waals surface area contributed by atoms with Crippen LogP contribution in [-0.2, 0) is 9.47 Å². The van der Waals surface area contributed by atoms with E-state index in [9.17, 15) is 0 Å². The maximum absolute atomic E-state index is 5.69. The fraction of sp³-hybridized carbons (Fsp3) is 1.00. The molecule has 0 bridgehead atoms. The molecule has 1 rings (SSSR count). The highest BCUT2D eigenvalue weighted by Gasteiger charge is 2.34. The predicted molar refractivity (Wildman–Crippen MR) is 79.6 cm³/mol. The largest absolute Gasteiger partial charge is 0.385 e. The lowest BCUT2D eigenvalue weighted by atomic mass is 9.93. The summed E-state index contributed by atoms with van der Waals surface area (Å²) < 4.78 is 10.7. The van der Waals surface area contributed by atoms with Crippen LogP contribution in [0, 0.1) is 5.92 Å². The topological polar surface area (TPSA) is 33.7 Å². The maximum atomic E-state index is 5.69. The average molecular weight is 272 g/mol. The number of rotatable bonds is 8. The first-order chi connectivity index (χ1) is 8.97. The number of nitrogens with one attached hydrogen (secondary N) is 1. The SMILES string of the molecule is COCCCOCCN1CC(C(C)C)NCC1(C)C. The number of hydrogen-bond acceptors (Lipinski definition) is 4. The minimum Gasteiger partial charge on any atom is -0.385 e. The van der Waals surface area contributed by atoms with E-state index in [-0.39, 0.29) is 5.54 Å². The second-order valence-corrected chi connectivity index (χ2v) is 6.45. The standard InChI is InChI=1S/C15H32N2O2/c1-13(2)14-11-17(15(3,4)12-16-14)7-10-19-9-6-8-18-5/h13-14,16H,6-12H2,1-5H3. The number of nitrogens with zero attached hydrogens (tertiary/aromatic N) is 1. The molecule has 0 aliphatic carbocycles. The zero-order chi connectivity index (χ0) is 14.3. The van der Waals surface area contributed by atoms with Gasteiger partial charge in [-0.15, -0.1) is 0 Å². The number of piperazine rings is 1. The molecule has 1 aliphatic rings. The Balaban J connectivity index is 2.28. The molecular formula is C15H32N2O2. The van der Waals surface area contributed by atoms with Crippen LogP contribution in [0.15, 0.2) is 0 Å². The highest BCUT2D eigenvalue weighted by atomic mass is 16.5. The summed E-state index contributed by atoms with van der Waals surface area (Å²) in [4.78, 5) is 2.56. The summed E-state index contributed by atoms with van der Waals surface area (Å²) in [7, 11) is 1.73. The lowest BCUT2D eigenvalue weighted by Gasteiger charge is -2.47. The van der Waals surface area contributed by atoms with E-state index in [1.54, 1.807) is 7.11 Å². The zero-order valence-electron chi connectivity index (χ0n) is 13.4. The molecule has 0 aromatic rings. The third-order valence-corrected chi connectivity index (χ3v) is 4.02. The van der Waals surface area contributed by atoms with Gasteiger partial charge in [-0.05, 0) is 26.2 Å². The van der Waals surface area contributed by atoms with E-state index in [2.05, 4.69) is 37.9 Å². The number of methoxy groups -OCH3 is 1. The van der Waals surface area contributed by atoms with E-state index in [0.29, 0.717) is 12.0 Å². The Kier molecular flexibility index (Phi) is 7.29. The monoisotopic (exact) mass is 272 g/mol. The first-order valence-corrected chi connectivity index (χ1v) is 7.52. The normalized spacial score (nSPS) is 24.0. The van der Waals surface area contributed by atoms with Crippen LogP contribution < -0.4 is 5.32 Å². The molecule has 0 spiro atoms. The van der Waals surface area contributed by atoms with Crippen LogP contribution in [0.5, 0.6) is 0 Å². The van der Waals surface area contributed by atoms with Crippen molar-refractivity contribution in [2.45, 2.75) is 45.7 Å². The molecule has 1 fully saturated rings. The molecule has 1 saturated heterocycles. The van der Waals surface area contributed by atoms with Crippen LogP contribution in [0.25, 0.3) is 0 Å². The highest BCUT2D eigenvalue weighted by Crippen LogP contribution is 2.20. The third kappa shape index (κ3) is 5.78. The maximum Gasteiger partial charge on any atom is 0.0593 e. The number of hydrogen-bond donors (Lipinski definition) is 1. The average Bonchev–Trinajstić information content (AvgIpc) is 2.34. The molecule has 0 radical (unpaired) electrons. The minimum absolute atomic E-state index is 0.223. The van der Waals surface area contributed by atoms with Crippen molar-refractivity contribution >= 4 is 0 Å². The Morgan fingerprint density at radius 3 is 2.63 bits per heavy atom. The van der Waals surface area contributed by atoms with Crippen LogP contribution in [0.3, 0.4) is 0 Å². The first-order valence-electron chi connectivity index (χ1n) is 7.52. The molecule has 114 valence electrons. The molecule has 0 saturated carbocycles. The molecule has 0 aromatic heterocycles. The summed E-state index contributed by atoms with van der Waals surface area (Å²) in [6, 6.07) is 0.599. The van der Waals surface area contributed by atoms with Gasteiger partial charge < -0.3 is 14.8 Å². The molecule has 0 amide bonds. The van der Waals surface area contributed by atoms with Gasteiger partial charge in [0.15, 0.2) is 0 Å². The summed E-state index contributed by atoms with van der Waals surface area (Å²) in [5.41, 5.74) is 0.223. The molecule has 1 aliphatic heterocycles. The van der Waals surface area contributed by atoms with Gasteiger partial charge in [0.25, 0.3) is 0 Å². The van der Waals surface area contributed by atoms with Gasteiger partial charge in [0.2, 0.25) is 0 Å². The molecule has 1 unspecified atom stereocenters. The lowest BCUT2D eigenvalue weighted by molar-refractivity contribution is 0.0183. The third-order valence-electron chi connectivity index (χ3n) is 4.02. The second-order valence-electron chi connectivity index (χ2n) is 6.45. The molecule has 1 atom stereocenters. The van der Waals surface area contributed by atoms with E-state index >= 15 is 0 Å². The molecule has 1 heterocycles.